The second-order valence-electron chi connectivity index (χ2n) is 4.44. The number of thiazole rings is 2. The molecule has 0 atom stereocenters. The largest absolute Gasteiger partial charge is 0.457 e. The predicted molar refractivity (Wildman–Crippen MR) is 86.8 cm³/mol. The average molecular weight is 313 g/mol. The molecule has 0 aliphatic rings. The third-order valence-electron chi connectivity index (χ3n) is 3.01. The second-order valence-corrected chi connectivity index (χ2v) is 6.37. The minimum absolute atomic E-state index is 0.623. The van der Waals surface area contributed by atoms with Gasteiger partial charge in [0.25, 0.3) is 0 Å². The van der Waals surface area contributed by atoms with E-state index < -0.39 is 0 Å². The van der Waals surface area contributed by atoms with Crippen LogP contribution in [0.15, 0.2) is 52.4 Å². The van der Waals surface area contributed by atoms with Crippen molar-refractivity contribution in [3.8, 4) is 10.8 Å². The van der Waals surface area contributed by atoms with Gasteiger partial charge in [-0.1, -0.05) is 12.1 Å². The molecular formula is C15H11N3OS2. The van der Waals surface area contributed by atoms with Crippen molar-refractivity contribution in [1.82, 2.24) is 9.97 Å². The zero-order valence-corrected chi connectivity index (χ0v) is 12.6. The van der Waals surface area contributed by atoms with Gasteiger partial charge in [-0.3, -0.25) is 0 Å². The van der Waals surface area contributed by atoms with Gasteiger partial charge >= 0.3 is 0 Å². The fraction of sp³-hybridized carbons (Fsp3) is 0.0667. The highest BCUT2D eigenvalue weighted by Crippen LogP contribution is 2.31. The number of nitrogens with zero attached hydrogens (tertiary/aromatic N) is 2. The lowest BCUT2D eigenvalue weighted by molar-refractivity contribution is 0.531. The zero-order valence-electron chi connectivity index (χ0n) is 10.9. The van der Waals surface area contributed by atoms with E-state index in [1.165, 1.54) is 4.70 Å². The molecule has 4 rings (SSSR count). The van der Waals surface area contributed by atoms with Gasteiger partial charge in [0.1, 0.15) is 5.76 Å². The number of hydrogen-bond acceptors (Lipinski definition) is 6. The van der Waals surface area contributed by atoms with Crippen LogP contribution >= 0.6 is 22.7 Å². The fourth-order valence-corrected chi connectivity index (χ4v) is 3.49. The molecule has 0 spiro atoms. The first-order chi connectivity index (χ1) is 10.4. The van der Waals surface area contributed by atoms with Crippen LogP contribution in [0.5, 0.6) is 0 Å². The minimum Gasteiger partial charge on any atom is -0.457 e. The summed E-state index contributed by atoms with van der Waals surface area (Å²) in [7, 11) is 0. The van der Waals surface area contributed by atoms with Crippen molar-refractivity contribution in [2.24, 2.45) is 0 Å². The lowest BCUT2D eigenvalue weighted by Gasteiger charge is -1.98. The van der Waals surface area contributed by atoms with Gasteiger partial charge in [0.05, 0.1) is 16.8 Å². The normalized spacial score (nSPS) is 11.0. The van der Waals surface area contributed by atoms with Crippen LogP contribution in [0.3, 0.4) is 0 Å². The number of nitrogens with one attached hydrogen (secondary N) is 1. The number of benzene rings is 1. The highest BCUT2D eigenvalue weighted by atomic mass is 32.1. The molecule has 1 aromatic carbocycles. The standard InChI is InChI=1S/C15H11N3OS2/c1-2-4-13-11(3-1)18-14(21-13)12-6-5-10(19-12)9-17-15-16-7-8-20-15/h1-8H,9H2,(H,16,17). The fourth-order valence-electron chi connectivity index (χ4n) is 2.04. The van der Waals surface area contributed by atoms with Crippen molar-refractivity contribution in [3.63, 3.8) is 0 Å². The molecule has 0 saturated heterocycles. The van der Waals surface area contributed by atoms with Crippen molar-refractivity contribution in [3.05, 3.63) is 53.7 Å². The lowest BCUT2D eigenvalue weighted by Crippen LogP contribution is -1.96. The number of furan rings is 1. The van der Waals surface area contributed by atoms with E-state index in [2.05, 4.69) is 21.4 Å². The molecule has 3 aromatic heterocycles. The first kappa shape index (κ1) is 12.6. The van der Waals surface area contributed by atoms with Crippen LogP contribution < -0.4 is 5.32 Å². The van der Waals surface area contributed by atoms with Crippen molar-refractivity contribution in [2.45, 2.75) is 6.54 Å². The van der Waals surface area contributed by atoms with Crippen LogP contribution in [0.4, 0.5) is 5.13 Å². The van der Waals surface area contributed by atoms with Crippen LogP contribution in [-0.4, -0.2) is 9.97 Å². The van der Waals surface area contributed by atoms with Crippen molar-refractivity contribution >= 4 is 38.0 Å². The molecule has 0 fully saturated rings. The maximum atomic E-state index is 5.86. The maximum absolute atomic E-state index is 5.86. The summed E-state index contributed by atoms with van der Waals surface area (Å²) in [4.78, 5) is 8.78. The summed E-state index contributed by atoms with van der Waals surface area (Å²) in [6.45, 7) is 0.623. The highest BCUT2D eigenvalue weighted by molar-refractivity contribution is 7.21. The molecule has 0 unspecified atom stereocenters. The Bertz CT molecular complexity index is 831. The summed E-state index contributed by atoms with van der Waals surface area (Å²) in [6.07, 6.45) is 1.78. The van der Waals surface area contributed by atoms with Gasteiger partial charge in [0.2, 0.25) is 0 Å². The third kappa shape index (κ3) is 2.55. The predicted octanol–water partition coefficient (Wildman–Crippen LogP) is 4.62. The Kier molecular flexibility index (Phi) is 3.17. The molecule has 3 heterocycles. The molecule has 0 amide bonds. The van der Waals surface area contributed by atoms with Gasteiger partial charge in [-0.05, 0) is 24.3 Å². The molecule has 0 saturated carbocycles. The molecule has 6 heteroatoms. The Labute approximate surface area is 129 Å². The number of aromatic nitrogens is 2. The van der Waals surface area contributed by atoms with Gasteiger partial charge in [0.15, 0.2) is 15.9 Å². The topological polar surface area (TPSA) is 51.0 Å². The van der Waals surface area contributed by atoms with Crippen LogP contribution in [0.25, 0.3) is 21.0 Å². The van der Waals surface area contributed by atoms with E-state index in [0.717, 1.165) is 27.2 Å². The molecule has 0 bridgehead atoms. The summed E-state index contributed by atoms with van der Waals surface area (Å²) < 4.78 is 7.03. The quantitative estimate of drug-likeness (QED) is 0.597. The second kappa shape index (κ2) is 5.31. The van der Waals surface area contributed by atoms with Gasteiger partial charge in [0, 0.05) is 11.6 Å². The third-order valence-corrected chi connectivity index (χ3v) is 4.79. The van der Waals surface area contributed by atoms with Gasteiger partial charge in [-0.25, -0.2) is 9.97 Å². The first-order valence-electron chi connectivity index (χ1n) is 6.46. The van der Waals surface area contributed by atoms with Gasteiger partial charge in [-0.2, -0.15) is 0 Å². The lowest BCUT2D eigenvalue weighted by atomic mass is 10.3. The zero-order chi connectivity index (χ0) is 14.1. The van der Waals surface area contributed by atoms with Crippen LogP contribution in [-0.2, 0) is 6.54 Å². The molecule has 0 radical (unpaired) electrons. The molecular weight excluding hydrogens is 302 g/mol. The van der Waals surface area contributed by atoms with E-state index in [0.29, 0.717) is 6.54 Å². The molecule has 104 valence electrons. The van der Waals surface area contributed by atoms with E-state index in [9.17, 15) is 0 Å². The Balaban J connectivity index is 1.56. The summed E-state index contributed by atoms with van der Waals surface area (Å²) in [5.74, 6) is 1.69. The van der Waals surface area contributed by atoms with Crippen molar-refractivity contribution in [2.75, 3.05) is 5.32 Å². The monoisotopic (exact) mass is 313 g/mol. The number of anilines is 1. The summed E-state index contributed by atoms with van der Waals surface area (Å²) in [5.41, 5.74) is 1.01. The van der Waals surface area contributed by atoms with E-state index in [4.69, 9.17) is 4.42 Å². The number of para-hydroxylation sites is 1. The average Bonchev–Trinajstić information content (AvgIpc) is 3.24. The molecule has 4 nitrogen and oxygen atoms in total. The van der Waals surface area contributed by atoms with Crippen molar-refractivity contribution < 1.29 is 4.42 Å². The van der Waals surface area contributed by atoms with E-state index in [-0.39, 0.29) is 0 Å². The first-order valence-corrected chi connectivity index (χ1v) is 8.16. The molecule has 21 heavy (non-hydrogen) atoms. The summed E-state index contributed by atoms with van der Waals surface area (Å²) in [6, 6.07) is 12.1. The van der Waals surface area contributed by atoms with E-state index >= 15 is 0 Å². The number of hydrogen-bond donors (Lipinski definition) is 1. The van der Waals surface area contributed by atoms with Crippen LogP contribution in [0.1, 0.15) is 5.76 Å². The molecule has 0 aliphatic heterocycles. The van der Waals surface area contributed by atoms with Gasteiger partial charge in [-0.15, -0.1) is 22.7 Å². The van der Waals surface area contributed by atoms with Gasteiger partial charge < -0.3 is 9.73 Å². The SMILES string of the molecule is c1ccc2sc(-c3ccc(CNc4nccs4)o3)nc2c1. The Morgan fingerprint density at radius 1 is 1.14 bits per heavy atom. The Morgan fingerprint density at radius 3 is 2.95 bits per heavy atom. The van der Waals surface area contributed by atoms with Crippen molar-refractivity contribution in [1.29, 1.82) is 0 Å². The molecule has 0 aliphatic carbocycles. The van der Waals surface area contributed by atoms with E-state index in [1.54, 1.807) is 28.9 Å². The molecule has 4 aromatic rings. The molecule has 1 N–H and O–H groups in total. The van der Waals surface area contributed by atoms with Crippen LogP contribution in [0, 0.1) is 0 Å². The minimum atomic E-state index is 0.623. The summed E-state index contributed by atoms with van der Waals surface area (Å²) >= 11 is 3.22. The Morgan fingerprint density at radius 2 is 2.10 bits per heavy atom. The maximum Gasteiger partial charge on any atom is 0.182 e. The number of fused-ring (bicyclic) bond motifs is 1. The number of rotatable bonds is 4. The Hall–Kier alpha value is -2.18. The van der Waals surface area contributed by atoms with Crippen LogP contribution in [0.2, 0.25) is 0 Å². The summed E-state index contributed by atoms with van der Waals surface area (Å²) in [5, 5.41) is 6.98. The van der Waals surface area contributed by atoms with E-state index in [1.807, 2.05) is 35.7 Å². The highest BCUT2D eigenvalue weighted by Gasteiger charge is 2.10. The smallest absolute Gasteiger partial charge is 0.182 e.